The third kappa shape index (κ3) is 3.29. The van der Waals surface area contributed by atoms with Gasteiger partial charge < -0.3 is 19.8 Å². The van der Waals surface area contributed by atoms with Crippen LogP contribution in [0.2, 0.25) is 0 Å². The van der Waals surface area contributed by atoms with Gasteiger partial charge in [0, 0.05) is 12.6 Å². The first-order chi connectivity index (χ1) is 9.51. The fourth-order valence-corrected chi connectivity index (χ4v) is 2.76. The Morgan fingerprint density at radius 3 is 2.90 bits per heavy atom. The smallest absolute Gasteiger partial charge is 0.310 e. The Morgan fingerprint density at radius 1 is 1.50 bits per heavy atom. The minimum absolute atomic E-state index is 0.146. The topological polar surface area (TPSA) is 70.0 Å². The van der Waals surface area contributed by atoms with E-state index in [0.717, 1.165) is 17.7 Å². The molecule has 1 aromatic carbocycles. The molecule has 0 aliphatic carbocycles. The van der Waals surface area contributed by atoms with Crippen molar-refractivity contribution >= 4 is 5.97 Å². The molecule has 1 aliphatic rings. The summed E-state index contributed by atoms with van der Waals surface area (Å²) in [6.45, 7) is 0.380. The lowest BCUT2D eigenvalue weighted by Crippen LogP contribution is -2.50. The van der Waals surface area contributed by atoms with E-state index >= 15 is 0 Å². The van der Waals surface area contributed by atoms with Gasteiger partial charge in [-0.05, 0) is 37.6 Å². The van der Waals surface area contributed by atoms with Crippen molar-refractivity contribution in [2.75, 3.05) is 20.7 Å². The lowest BCUT2D eigenvalue weighted by atomic mass is 9.87. The van der Waals surface area contributed by atoms with Gasteiger partial charge in [0.1, 0.15) is 5.75 Å². The lowest BCUT2D eigenvalue weighted by Gasteiger charge is -2.38. The van der Waals surface area contributed by atoms with Crippen LogP contribution in [0.1, 0.15) is 12.0 Å². The van der Waals surface area contributed by atoms with Crippen LogP contribution in [0.3, 0.4) is 0 Å². The first kappa shape index (κ1) is 14.8. The minimum atomic E-state index is -0.927. The van der Waals surface area contributed by atoms with Gasteiger partial charge in [-0.1, -0.05) is 12.1 Å². The number of methoxy groups -OCH3 is 1. The second-order valence-corrected chi connectivity index (χ2v) is 5.40. The lowest BCUT2D eigenvalue weighted by molar-refractivity contribution is -0.149. The van der Waals surface area contributed by atoms with Crippen molar-refractivity contribution in [2.24, 2.45) is 5.92 Å². The van der Waals surface area contributed by atoms with Gasteiger partial charge in [-0.2, -0.15) is 0 Å². The number of piperidine rings is 1. The maximum absolute atomic E-state index is 11.1. The summed E-state index contributed by atoms with van der Waals surface area (Å²) < 4.78 is 5.20. The quantitative estimate of drug-likeness (QED) is 0.860. The van der Waals surface area contributed by atoms with Gasteiger partial charge in [0.2, 0.25) is 0 Å². The van der Waals surface area contributed by atoms with Crippen molar-refractivity contribution in [3.05, 3.63) is 29.8 Å². The number of hydrogen-bond acceptors (Lipinski definition) is 4. The van der Waals surface area contributed by atoms with Gasteiger partial charge in [-0.3, -0.25) is 4.79 Å². The molecule has 3 atom stereocenters. The van der Waals surface area contributed by atoms with E-state index in [-0.39, 0.29) is 6.04 Å². The Morgan fingerprint density at radius 2 is 2.25 bits per heavy atom. The second-order valence-electron chi connectivity index (χ2n) is 5.40. The number of rotatable bonds is 4. The number of aliphatic carboxylic acids is 1. The van der Waals surface area contributed by atoms with E-state index in [1.54, 1.807) is 7.11 Å². The number of aliphatic hydroxyl groups is 1. The summed E-state index contributed by atoms with van der Waals surface area (Å²) in [6.07, 6.45) is 0.473. The largest absolute Gasteiger partial charge is 0.497 e. The highest BCUT2D eigenvalue weighted by Gasteiger charge is 2.36. The molecule has 110 valence electrons. The number of carboxylic acid groups (broad SMARTS) is 1. The third-order valence-electron chi connectivity index (χ3n) is 4.01. The Hall–Kier alpha value is -1.59. The highest BCUT2D eigenvalue weighted by atomic mass is 16.5. The normalized spacial score (nSPS) is 27.2. The van der Waals surface area contributed by atoms with Crippen LogP contribution in [-0.2, 0) is 11.2 Å². The summed E-state index contributed by atoms with van der Waals surface area (Å²) in [5, 5.41) is 19.0. The van der Waals surface area contributed by atoms with E-state index in [0.29, 0.717) is 13.0 Å². The number of likely N-dealkylation sites (tertiary alicyclic amines) is 1. The van der Waals surface area contributed by atoms with Crippen molar-refractivity contribution in [3.8, 4) is 5.75 Å². The van der Waals surface area contributed by atoms with Crippen LogP contribution in [0.5, 0.6) is 5.75 Å². The van der Waals surface area contributed by atoms with Crippen LogP contribution >= 0.6 is 0 Å². The molecule has 1 saturated heterocycles. The summed E-state index contributed by atoms with van der Waals surface area (Å²) in [7, 11) is 3.54. The van der Waals surface area contributed by atoms with Crippen LogP contribution in [0, 0.1) is 5.92 Å². The maximum atomic E-state index is 11.1. The molecule has 0 saturated carbocycles. The molecule has 5 heteroatoms. The number of carbonyl (C=O) groups is 1. The number of ether oxygens (including phenoxy) is 1. The summed E-state index contributed by atoms with van der Waals surface area (Å²) >= 11 is 0. The van der Waals surface area contributed by atoms with Crippen LogP contribution in [0.4, 0.5) is 0 Å². The average molecular weight is 279 g/mol. The van der Waals surface area contributed by atoms with Gasteiger partial charge in [0.15, 0.2) is 0 Å². The molecule has 1 aromatic rings. The van der Waals surface area contributed by atoms with E-state index < -0.39 is 18.0 Å². The highest BCUT2D eigenvalue weighted by molar-refractivity contribution is 5.71. The molecule has 1 fully saturated rings. The van der Waals surface area contributed by atoms with E-state index in [1.807, 2.05) is 36.2 Å². The zero-order valence-electron chi connectivity index (χ0n) is 11.8. The Bertz CT molecular complexity index is 477. The number of aliphatic hydroxyl groups excluding tert-OH is 1. The molecule has 0 radical (unpaired) electrons. The SMILES string of the molecule is COc1cccc(CC2CC(O)C(C(=O)O)CN2C)c1. The summed E-state index contributed by atoms with van der Waals surface area (Å²) in [6, 6.07) is 7.97. The Balaban J connectivity index is 2.04. The first-order valence-corrected chi connectivity index (χ1v) is 6.75. The molecular weight excluding hydrogens is 258 g/mol. The van der Waals surface area contributed by atoms with Crippen molar-refractivity contribution in [3.63, 3.8) is 0 Å². The number of carboxylic acids is 1. The zero-order chi connectivity index (χ0) is 14.7. The standard InChI is InChI=1S/C15H21NO4/c1-16-9-13(15(18)19)14(17)8-11(16)6-10-4-3-5-12(7-10)20-2/h3-5,7,11,13-14,17H,6,8-9H2,1-2H3,(H,18,19). The molecule has 2 rings (SSSR count). The molecule has 0 bridgehead atoms. The number of hydrogen-bond donors (Lipinski definition) is 2. The predicted molar refractivity (Wildman–Crippen MR) is 74.9 cm³/mol. The van der Waals surface area contributed by atoms with Crippen molar-refractivity contribution in [1.29, 1.82) is 0 Å². The molecular formula is C15H21NO4. The van der Waals surface area contributed by atoms with Crippen molar-refractivity contribution < 1.29 is 19.7 Å². The van der Waals surface area contributed by atoms with Crippen LogP contribution in [-0.4, -0.2) is 53.9 Å². The molecule has 3 unspecified atom stereocenters. The fraction of sp³-hybridized carbons (Fsp3) is 0.533. The first-order valence-electron chi connectivity index (χ1n) is 6.75. The monoisotopic (exact) mass is 279 g/mol. The molecule has 2 N–H and O–H groups in total. The van der Waals surface area contributed by atoms with Gasteiger partial charge in [-0.25, -0.2) is 0 Å². The average Bonchev–Trinajstić information content (AvgIpc) is 2.42. The molecule has 0 amide bonds. The number of benzene rings is 1. The van der Waals surface area contributed by atoms with E-state index in [4.69, 9.17) is 9.84 Å². The fourth-order valence-electron chi connectivity index (χ4n) is 2.76. The van der Waals surface area contributed by atoms with Gasteiger partial charge in [0.05, 0.1) is 19.1 Å². The molecule has 1 aliphatic heterocycles. The minimum Gasteiger partial charge on any atom is -0.497 e. The molecule has 5 nitrogen and oxygen atoms in total. The summed E-state index contributed by atoms with van der Waals surface area (Å²) in [5.41, 5.74) is 1.13. The van der Waals surface area contributed by atoms with Gasteiger partial charge >= 0.3 is 5.97 Å². The summed E-state index contributed by atoms with van der Waals surface area (Å²) in [5.74, 6) is -0.810. The van der Waals surface area contributed by atoms with E-state index in [1.165, 1.54) is 0 Å². The Labute approximate surface area is 118 Å². The highest BCUT2D eigenvalue weighted by Crippen LogP contribution is 2.25. The zero-order valence-corrected chi connectivity index (χ0v) is 11.8. The van der Waals surface area contributed by atoms with Crippen LogP contribution < -0.4 is 4.74 Å². The molecule has 1 heterocycles. The van der Waals surface area contributed by atoms with Crippen molar-refractivity contribution in [1.82, 2.24) is 4.90 Å². The predicted octanol–water partition coefficient (Wildman–Crippen LogP) is 1.00. The molecule has 0 aromatic heterocycles. The van der Waals surface area contributed by atoms with Crippen LogP contribution in [0.15, 0.2) is 24.3 Å². The molecule has 0 spiro atoms. The Kier molecular flexibility index (Phi) is 4.62. The second kappa shape index (κ2) is 6.24. The number of nitrogens with zero attached hydrogens (tertiary/aromatic N) is 1. The van der Waals surface area contributed by atoms with E-state index in [2.05, 4.69) is 0 Å². The third-order valence-corrected chi connectivity index (χ3v) is 4.01. The van der Waals surface area contributed by atoms with E-state index in [9.17, 15) is 9.90 Å². The number of likely N-dealkylation sites (N-methyl/N-ethyl adjacent to an activating group) is 1. The van der Waals surface area contributed by atoms with Crippen molar-refractivity contribution in [2.45, 2.75) is 25.0 Å². The summed E-state index contributed by atoms with van der Waals surface area (Å²) in [4.78, 5) is 13.1. The maximum Gasteiger partial charge on any atom is 0.310 e. The molecule has 20 heavy (non-hydrogen) atoms. The van der Waals surface area contributed by atoms with Crippen LogP contribution in [0.25, 0.3) is 0 Å². The van der Waals surface area contributed by atoms with Gasteiger partial charge in [0.25, 0.3) is 0 Å². The van der Waals surface area contributed by atoms with Gasteiger partial charge in [-0.15, -0.1) is 0 Å².